The van der Waals surface area contributed by atoms with Crippen molar-refractivity contribution in [3.05, 3.63) is 68.5 Å². The summed E-state index contributed by atoms with van der Waals surface area (Å²) in [6.45, 7) is 3.52. The van der Waals surface area contributed by atoms with Crippen molar-refractivity contribution >= 4 is 28.6 Å². The highest BCUT2D eigenvalue weighted by Gasteiger charge is 2.14. The van der Waals surface area contributed by atoms with E-state index in [1.54, 1.807) is 38.1 Å². The highest BCUT2D eigenvalue weighted by Crippen LogP contribution is 2.14. The van der Waals surface area contributed by atoms with Crippen LogP contribution in [0.1, 0.15) is 34.6 Å². The molecule has 0 fully saturated rings. The zero-order valence-electron chi connectivity index (χ0n) is 16.4. The second kappa shape index (κ2) is 7.70. The third kappa shape index (κ3) is 3.93. The average molecular weight is 396 g/mol. The minimum absolute atomic E-state index is 0.161. The number of nitrogens with zero attached hydrogens (tertiary/aromatic N) is 3. The van der Waals surface area contributed by atoms with Crippen molar-refractivity contribution in [2.75, 3.05) is 5.32 Å². The summed E-state index contributed by atoms with van der Waals surface area (Å²) < 4.78 is 7.32. The fourth-order valence-electron chi connectivity index (χ4n) is 2.76. The Bertz CT molecular complexity index is 1220. The van der Waals surface area contributed by atoms with E-state index in [-0.39, 0.29) is 22.7 Å². The van der Waals surface area contributed by atoms with Gasteiger partial charge >= 0.3 is 11.7 Å². The smallest absolute Gasteiger partial charge is 0.338 e. The minimum atomic E-state index is -0.529. The number of amides is 1. The Hall–Kier alpha value is -3.75. The molecular formula is C20H20N4O5. The molecule has 0 unspecified atom stereocenters. The average Bonchev–Trinajstić information content (AvgIpc) is 2.70. The van der Waals surface area contributed by atoms with Crippen LogP contribution in [-0.4, -0.2) is 32.1 Å². The van der Waals surface area contributed by atoms with E-state index in [1.165, 1.54) is 30.9 Å². The van der Waals surface area contributed by atoms with Gasteiger partial charge in [-0.3, -0.25) is 18.7 Å². The quantitative estimate of drug-likeness (QED) is 0.668. The first-order chi connectivity index (χ1) is 13.7. The fourth-order valence-corrected chi connectivity index (χ4v) is 2.76. The lowest BCUT2D eigenvalue weighted by Crippen LogP contribution is -2.37. The number of aryl methyl sites for hydroxylation is 1. The number of nitrogens with one attached hydrogen (secondary N) is 1. The third-order valence-corrected chi connectivity index (χ3v) is 4.28. The van der Waals surface area contributed by atoms with Crippen molar-refractivity contribution in [2.24, 2.45) is 14.1 Å². The molecule has 3 aromatic rings. The van der Waals surface area contributed by atoms with Gasteiger partial charge in [0.15, 0.2) is 0 Å². The Morgan fingerprint density at radius 2 is 1.69 bits per heavy atom. The van der Waals surface area contributed by atoms with E-state index in [0.29, 0.717) is 11.3 Å². The second-order valence-corrected chi connectivity index (χ2v) is 6.79. The van der Waals surface area contributed by atoms with E-state index >= 15 is 0 Å². The largest absolute Gasteiger partial charge is 0.459 e. The van der Waals surface area contributed by atoms with Gasteiger partial charge in [-0.2, -0.15) is 0 Å². The molecule has 1 N–H and O–H groups in total. The maximum atomic E-state index is 12.6. The molecule has 0 bridgehead atoms. The fraction of sp³-hybridized carbons (Fsp3) is 0.250. The second-order valence-electron chi connectivity index (χ2n) is 6.79. The normalized spacial score (nSPS) is 10.9. The molecule has 2 aromatic heterocycles. The topological polar surface area (TPSA) is 112 Å². The van der Waals surface area contributed by atoms with Crippen LogP contribution in [0.25, 0.3) is 11.0 Å². The van der Waals surface area contributed by atoms with Crippen LogP contribution in [0, 0.1) is 0 Å². The molecule has 9 heteroatoms. The monoisotopic (exact) mass is 396 g/mol. The van der Waals surface area contributed by atoms with E-state index in [4.69, 9.17) is 4.74 Å². The molecule has 0 saturated carbocycles. The number of ether oxygens (including phenoxy) is 1. The Morgan fingerprint density at radius 1 is 1.03 bits per heavy atom. The van der Waals surface area contributed by atoms with E-state index in [9.17, 15) is 19.2 Å². The number of hydrogen-bond acceptors (Lipinski definition) is 6. The van der Waals surface area contributed by atoms with Crippen LogP contribution in [0.15, 0.2) is 46.1 Å². The summed E-state index contributed by atoms with van der Waals surface area (Å²) in [4.78, 5) is 52.8. The molecule has 2 heterocycles. The van der Waals surface area contributed by atoms with Gasteiger partial charge in [-0.15, -0.1) is 0 Å². The summed E-state index contributed by atoms with van der Waals surface area (Å²) in [5, 5.41) is 2.84. The third-order valence-electron chi connectivity index (χ3n) is 4.28. The number of rotatable bonds is 4. The van der Waals surface area contributed by atoms with Crippen LogP contribution in [-0.2, 0) is 18.8 Å². The summed E-state index contributed by atoms with van der Waals surface area (Å²) >= 11 is 0. The number of anilines is 1. The molecule has 0 aliphatic rings. The molecule has 3 rings (SSSR count). The predicted octanol–water partition coefficient (Wildman–Crippen LogP) is 1.45. The molecule has 0 radical (unpaired) electrons. The number of fused-ring (bicyclic) bond motifs is 1. The van der Waals surface area contributed by atoms with Gasteiger partial charge < -0.3 is 10.1 Å². The highest BCUT2D eigenvalue weighted by molar-refractivity contribution is 6.05. The molecule has 1 amide bonds. The van der Waals surface area contributed by atoms with Gasteiger partial charge in [0.2, 0.25) is 0 Å². The van der Waals surface area contributed by atoms with Gasteiger partial charge in [0.25, 0.3) is 11.5 Å². The van der Waals surface area contributed by atoms with Crippen LogP contribution < -0.4 is 16.6 Å². The van der Waals surface area contributed by atoms with Gasteiger partial charge in [-0.1, -0.05) is 0 Å². The zero-order valence-corrected chi connectivity index (χ0v) is 16.4. The lowest BCUT2D eigenvalue weighted by atomic mass is 10.2. The molecule has 1 aromatic carbocycles. The van der Waals surface area contributed by atoms with Crippen LogP contribution in [0.2, 0.25) is 0 Å². The van der Waals surface area contributed by atoms with Crippen molar-refractivity contribution < 1.29 is 14.3 Å². The zero-order chi connectivity index (χ0) is 21.3. The number of aromatic nitrogens is 3. The Morgan fingerprint density at radius 3 is 2.31 bits per heavy atom. The Labute approximate surface area is 165 Å². The summed E-state index contributed by atoms with van der Waals surface area (Å²) in [7, 11) is 2.87. The Kier molecular flexibility index (Phi) is 5.31. The number of carbonyl (C=O) groups excluding carboxylic acids is 2. The van der Waals surface area contributed by atoms with E-state index < -0.39 is 23.1 Å². The number of benzene rings is 1. The van der Waals surface area contributed by atoms with Gasteiger partial charge in [0.05, 0.1) is 22.6 Å². The maximum absolute atomic E-state index is 12.6. The first kappa shape index (κ1) is 20.0. The molecule has 9 nitrogen and oxygen atoms in total. The first-order valence-corrected chi connectivity index (χ1v) is 8.87. The van der Waals surface area contributed by atoms with E-state index in [0.717, 1.165) is 4.57 Å². The van der Waals surface area contributed by atoms with Crippen LogP contribution in [0.4, 0.5) is 5.69 Å². The van der Waals surface area contributed by atoms with E-state index in [1.807, 2.05) is 0 Å². The predicted molar refractivity (Wildman–Crippen MR) is 107 cm³/mol. The van der Waals surface area contributed by atoms with Gasteiger partial charge in [-0.05, 0) is 44.2 Å². The molecule has 29 heavy (non-hydrogen) atoms. The molecule has 0 spiro atoms. The van der Waals surface area contributed by atoms with Crippen molar-refractivity contribution in [3.8, 4) is 0 Å². The lowest BCUT2D eigenvalue weighted by Gasteiger charge is -2.10. The van der Waals surface area contributed by atoms with Gasteiger partial charge in [0.1, 0.15) is 5.65 Å². The number of hydrogen-bond donors (Lipinski definition) is 1. The van der Waals surface area contributed by atoms with Crippen molar-refractivity contribution in [1.82, 2.24) is 14.1 Å². The molecule has 150 valence electrons. The molecule has 0 atom stereocenters. The summed E-state index contributed by atoms with van der Waals surface area (Å²) in [5.74, 6) is -0.925. The molecule has 0 saturated heterocycles. The van der Waals surface area contributed by atoms with Crippen LogP contribution in [0.5, 0.6) is 0 Å². The summed E-state index contributed by atoms with van der Waals surface area (Å²) in [6.07, 6.45) is 1.07. The number of pyridine rings is 1. The van der Waals surface area contributed by atoms with Gasteiger partial charge in [0, 0.05) is 26.0 Å². The first-order valence-electron chi connectivity index (χ1n) is 8.87. The minimum Gasteiger partial charge on any atom is -0.459 e. The standard InChI is InChI=1S/C20H20N4O5/c1-11(2)29-19(27)12-5-7-14(8-6-12)22-17(25)13-9-15-16(21-10-13)23(3)20(28)24(4)18(15)26/h5-11H,1-4H3,(H,22,25). The van der Waals surface area contributed by atoms with Crippen molar-refractivity contribution in [2.45, 2.75) is 20.0 Å². The molecule has 0 aliphatic heterocycles. The number of carbonyl (C=O) groups is 2. The highest BCUT2D eigenvalue weighted by atomic mass is 16.5. The summed E-state index contributed by atoms with van der Waals surface area (Å²) in [5.41, 5.74) is 0.166. The maximum Gasteiger partial charge on any atom is 0.338 e. The van der Waals surface area contributed by atoms with Crippen molar-refractivity contribution in [1.29, 1.82) is 0 Å². The lowest BCUT2D eigenvalue weighted by molar-refractivity contribution is 0.0378. The molecular weight excluding hydrogens is 376 g/mol. The van der Waals surface area contributed by atoms with E-state index in [2.05, 4.69) is 10.3 Å². The SMILES string of the molecule is CC(C)OC(=O)c1ccc(NC(=O)c2cnc3c(c2)c(=O)n(C)c(=O)n3C)cc1. The molecule has 0 aliphatic carbocycles. The summed E-state index contributed by atoms with van der Waals surface area (Å²) in [6, 6.07) is 7.64. The van der Waals surface area contributed by atoms with Crippen LogP contribution in [0.3, 0.4) is 0 Å². The van der Waals surface area contributed by atoms with Crippen molar-refractivity contribution in [3.63, 3.8) is 0 Å². The Balaban J connectivity index is 1.86. The van der Waals surface area contributed by atoms with Crippen LogP contribution >= 0.6 is 0 Å². The van der Waals surface area contributed by atoms with Gasteiger partial charge in [-0.25, -0.2) is 14.6 Å². The number of esters is 1.